The summed E-state index contributed by atoms with van der Waals surface area (Å²) >= 11 is 0. The fourth-order valence-corrected chi connectivity index (χ4v) is 8.68. The topological polar surface area (TPSA) is 18.5 Å². The molecular weight excluding hydrogens is 631 g/mol. The highest BCUT2D eigenvalue weighted by atomic mass is 16.5. The second-order valence-electron chi connectivity index (χ2n) is 14.0. The van der Waals surface area contributed by atoms with E-state index in [2.05, 4.69) is 164 Å². The van der Waals surface area contributed by atoms with Crippen LogP contribution in [-0.2, 0) is 6.42 Å². The number of hydrogen-bond acceptors (Lipinski definition) is 2. The molecule has 0 spiro atoms. The molecule has 0 saturated carbocycles. The van der Waals surface area contributed by atoms with E-state index in [1.54, 1.807) is 0 Å². The van der Waals surface area contributed by atoms with Gasteiger partial charge in [-0.2, -0.15) is 0 Å². The molecule has 2 aliphatic heterocycles. The number of rotatable bonds is 4. The lowest BCUT2D eigenvalue weighted by atomic mass is 9.35. The van der Waals surface area contributed by atoms with Gasteiger partial charge in [0.1, 0.15) is 23.0 Å². The van der Waals surface area contributed by atoms with E-state index in [0.717, 1.165) is 46.0 Å². The quantitative estimate of drug-likeness (QED) is 0.175. The lowest BCUT2D eigenvalue weighted by Crippen LogP contribution is -2.57. The Labute approximate surface area is 303 Å². The predicted molar refractivity (Wildman–Crippen MR) is 214 cm³/mol. The molecule has 8 aromatic carbocycles. The molecule has 0 aromatic heterocycles. The summed E-state index contributed by atoms with van der Waals surface area (Å²) in [5.74, 6) is 3.52. The smallest absolute Gasteiger partial charge is 0.260 e. The van der Waals surface area contributed by atoms with E-state index in [1.807, 2.05) is 12.1 Å². The van der Waals surface area contributed by atoms with Crippen molar-refractivity contribution in [3.05, 3.63) is 187 Å². The lowest BCUT2D eigenvalue weighted by Gasteiger charge is -2.33. The highest BCUT2D eigenvalue weighted by molar-refractivity contribution is 6.98. The molecule has 242 valence electrons. The first-order chi connectivity index (χ1) is 25.8. The summed E-state index contributed by atoms with van der Waals surface area (Å²) in [6.45, 7) is 0.0699. The van der Waals surface area contributed by atoms with E-state index in [-0.39, 0.29) is 6.71 Å². The first-order valence-electron chi connectivity index (χ1n) is 18.0. The van der Waals surface area contributed by atoms with E-state index in [9.17, 15) is 0 Å². The Bertz CT molecular complexity index is 2640. The Morgan fingerprint density at radius 2 is 0.808 bits per heavy atom. The van der Waals surface area contributed by atoms with E-state index in [4.69, 9.17) is 9.47 Å². The van der Waals surface area contributed by atoms with Crippen LogP contribution in [0.3, 0.4) is 0 Å². The summed E-state index contributed by atoms with van der Waals surface area (Å²) in [5.41, 5.74) is 18.6. The van der Waals surface area contributed by atoms with Gasteiger partial charge in [-0.05, 0) is 114 Å². The highest BCUT2D eigenvalue weighted by Gasteiger charge is 2.40. The molecular formula is C49H31BO2. The van der Waals surface area contributed by atoms with Gasteiger partial charge in [0.05, 0.1) is 0 Å². The molecule has 0 radical (unpaired) electrons. The van der Waals surface area contributed by atoms with Crippen LogP contribution in [-0.4, -0.2) is 6.71 Å². The zero-order chi connectivity index (χ0) is 34.2. The zero-order valence-corrected chi connectivity index (χ0v) is 28.3. The molecule has 11 rings (SSSR count). The van der Waals surface area contributed by atoms with Crippen LogP contribution in [0.5, 0.6) is 23.0 Å². The van der Waals surface area contributed by atoms with Gasteiger partial charge in [0, 0.05) is 5.46 Å². The van der Waals surface area contributed by atoms with Crippen LogP contribution in [0.25, 0.3) is 55.6 Å². The molecule has 3 heteroatoms. The van der Waals surface area contributed by atoms with Gasteiger partial charge in [0.25, 0.3) is 6.71 Å². The molecule has 8 aromatic rings. The van der Waals surface area contributed by atoms with Crippen molar-refractivity contribution in [2.24, 2.45) is 0 Å². The average Bonchev–Trinajstić information content (AvgIpc) is 3.60. The highest BCUT2D eigenvalue weighted by Crippen LogP contribution is 2.46. The van der Waals surface area contributed by atoms with Crippen LogP contribution in [0, 0.1) is 0 Å². The van der Waals surface area contributed by atoms with Crippen LogP contribution in [0.1, 0.15) is 11.1 Å². The minimum atomic E-state index is 0.0699. The third kappa shape index (κ3) is 4.53. The Morgan fingerprint density at radius 3 is 1.46 bits per heavy atom. The van der Waals surface area contributed by atoms with Crippen molar-refractivity contribution in [1.29, 1.82) is 0 Å². The summed E-state index contributed by atoms with van der Waals surface area (Å²) in [4.78, 5) is 0. The molecule has 2 nitrogen and oxygen atoms in total. The normalized spacial score (nSPS) is 12.8. The van der Waals surface area contributed by atoms with Gasteiger partial charge in [-0.3, -0.25) is 0 Å². The van der Waals surface area contributed by atoms with Gasteiger partial charge in [0.2, 0.25) is 0 Å². The maximum absolute atomic E-state index is 6.61. The Morgan fingerprint density at radius 1 is 0.327 bits per heavy atom. The summed E-state index contributed by atoms with van der Waals surface area (Å²) in [6, 6.07) is 63.2. The second kappa shape index (κ2) is 11.5. The van der Waals surface area contributed by atoms with Crippen molar-refractivity contribution in [1.82, 2.24) is 0 Å². The third-order valence-corrected chi connectivity index (χ3v) is 11.1. The Balaban J connectivity index is 0.967. The Hall–Kier alpha value is -6.58. The minimum absolute atomic E-state index is 0.0699. The minimum Gasteiger partial charge on any atom is -0.458 e. The number of para-hydroxylation sites is 2. The fourth-order valence-electron chi connectivity index (χ4n) is 8.68. The van der Waals surface area contributed by atoms with Crippen molar-refractivity contribution < 1.29 is 9.47 Å². The maximum atomic E-state index is 6.61. The second-order valence-corrected chi connectivity index (χ2v) is 14.0. The maximum Gasteiger partial charge on any atom is 0.260 e. The first-order valence-corrected chi connectivity index (χ1v) is 18.0. The molecule has 1 aliphatic carbocycles. The summed E-state index contributed by atoms with van der Waals surface area (Å²) < 4.78 is 13.2. The van der Waals surface area contributed by atoms with Crippen LogP contribution in [0.4, 0.5) is 0 Å². The third-order valence-electron chi connectivity index (χ3n) is 11.1. The number of fused-ring (bicyclic) bond motifs is 7. The first kappa shape index (κ1) is 29.2. The van der Waals surface area contributed by atoms with Crippen molar-refractivity contribution in [3.8, 4) is 78.6 Å². The van der Waals surface area contributed by atoms with Gasteiger partial charge < -0.3 is 9.47 Å². The SMILES string of the molecule is c1ccc(-c2ccc(-c3cccc4c3Cc3c(-c5cccc(-c6cc7c8c(c6)Oc6ccccc6B8c6ccccc6O7)c5)cccc3-4)cc2)cc1. The largest absolute Gasteiger partial charge is 0.458 e. The molecule has 0 amide bonds. The van der Waals surface area contributed by atoms with Gasteiger partial charge in [-0.1, -0.05) is 146 Å². The van der Waals surface area contributed by atoms with Crippen molar-refractivity contribution in [3.63, 3.8) is 0 Å². The molecule has 52 heavy (non-hydrogen) atoms. The summed E-state index contributed by atoms with van der Waals surface area (Å²) in [6.07, 6.45) is 0.895. The molecule has 3 aliphatic rings. The van der Waals surface area contributed by atoms with Crippen LogP contribution in [0.15, 0.2) is 176 Å². The predicted octanol–water partition coefficient (Wildman–Crippen LogP) is 10.7. The van der Waals surface area contributed by atoms with Crippen molar-refractivity contribution in [2.75, 3.05) is 0 Å². The molecule has 0 N–H and O–H groups in total. The Kier molecular flexibility index (Phi) is 6.44. The van der Waals surface area contributed by atoms with Gasteiger partial charge in [-0.15, -0.1) is 0 Å². The lowest BCUT2D eigenvalue weighted by molar-refractivity contribution is 0.465. The average molecular weight is 663 g/mol. The number of ether oxygens (including phenoxy) is 2. The zero-order valence-electron chi connectivity index (χ0n) is 28.3. The van der Waals surface area contributed by atoms with Crippen LogP contribution >= 0.6 is 0 Å². The number of benzene rings is 8. The molecule has 0 bridgehead atoms. The van der Waals surface area contributed by atoms with Crippen LogP contribution < -0.4 is 25.9 Å². The molecule has 0 fully saturated rings. The van der Waals surface area contributed by atoms with Gasteiger partial charge >= 0.3 is 0 Å². The van der Waals surface area contributed by atoms with Gasteiger partial charge in [-0.25, -0.2) is 0 Å². The summed E-state index contributed by atoms with van der Waals surface area (Å²) in [7, 11) is 0. The van der Waals surface area contributed by atoms with E-state index >= 15 is 0 Å². The van der Waals surface area contributed by atoms with E-state index < -0.39 is 0 Å². The van der Waals surface area contributed by atoms with Crippen molar-refractivity contribution in [2.45, 2.75) is 6.42 Å². The van der Waals surface area contributed by atoms with Crippen LogP contribution in [0.2, 0.25) is 0 Å². The monoisotopic (exact) mass is 662 g/mol. The van der Waals surface area contributed by atoms with Gasteiger partial charge in [0.15, 0.2) is 0 Å². The summed E-state index contributed by atoms with van der Waals surface area (Å²) in [5, 5.41) is 0. The molecule has 0 saturated heterocycles. The van der Waals surface area contributed by atoms with E-state index in [1.165, 1.54) is 66.6 Å². The molecule has 0 atom stereocenters. The fraction of sp³-hybridized carbons (Fsp3) is 0.0204. The van der Waals surface area contributed by atoms with E-state index in [0.29, 0.717) is 0 Å². The standard InChI is InChI=1S/C49H31BO2/c1-2-11-31(12-3-1)32-23-25-33(26-24-32)37-15-9-17-39-40-18-10-16-38(42(40)30-41(37)39)35-14-8-13-34(27-35)36-28-47-49-48(29-36)52-46-22-7-5-20-44(46)50(49)43-19-4-6-21-45(43)51-47/h1-29H,30H2. The molecule has 0 unspecified atom stereocenters. The molecule has 2 heterocycles. The number of hydrogen-bond donors (Lipinski definition) is 0. The van der Waals surface area contributed by atoms with Crippen molar-refractivity contribution >= 4 is 23.1 Å².